The van der Waals surface area contributed by atoms with Crippen LogP contribution in [0.3, 0.4) is 0 Å². The SMILES string of the molecule is CCCN1CCC(CNC(=NCC2(C)CCCO2)NCC)CC1.I. The van der Waals surface area contributed by atoms with Crippen molar-refractivity contribution >= 4 is 29.9 Å². The van der Waals surface area contributed by atoms with E-state index in [0.717, 1.165) is 51.0 Å². The first-order valence-electron chi connectivity index (χ1n) is 9.53. The zero-order chi connectivity index (χ0) is 16.5. The van der Waals surface area contributed by atoms with Crippen molar-refractivity contribution in [1.29, 1.82) is 0 Å². The molecule has 24 heavy (non-hydrogen) atoms. The van der Waals surface area contributed by atoms with Gasteiger partial charge in [0.1, 0.15) is 0 Å². The van der Waals surface area contributed by atoms with E-state index in [-0.39, 0.29) is 29.6 Å². The van der Waals surface area contributed by atoms with Crippen molar-refractivity contribution in [3.63, 3.8) is 0 Å². The van der Waals surface area contributed by atoms with E-state index in [2.05, 4.69) is 36.3 Å². The Labute approximate surface area is 165 Å². The lowest BCUT2D eigenvalue weighted by Crippen LogP contribution is -2.43. The van der Waals surface area contributed by atoms with Crippen LogP contribution in [0.15, 0.2) is 4.99 Å². The first kappa shape index (κ1) is 22.0. The van der Waals surface area contributed by atoms with Gasteiger partial charge >= 0.3 is 0 Å². The molecule has 2 heterocycles. The molecule has 2 fully saturated rings. The normalized spacial score (nSPS) is 26.2. The molecular weight excluding hydrogens is 415 g/mol. The van der Waals surface area contributed by atoms with Crippen LogP contribution in [0.1, 0.15) is 52.9 Å². The molecule has 0 bridgehead atoms. The molecule has 2 N–H and O–H groups in total. The van der Waals surface area contributed by atoms with Crippen molar-refractivity contribution in [1.82, 2.24) is 15.5 Å². The summed E-state index contributed by atoms with van der Waals surface area (Å²) in [6, 6.07) is 0. The second kappa shape index (κ2) is 11.5. The average Bonchev–Trinajstić information content (AvgIpc) is 2.99. The van der Waals surface area contributed by atoms with Crippen molar-refractivity contribution < 1.29 is 4.74 Å². The van der Waals surface area contributed by atoms with Gasteiger partial charge in [0.25, 0.3) is 0 Å². The molecule has 6 heteroatoms. The first-order chi connectivity index (χ1) is 11.1. The molecule has 2 saturated heterocycles. The summed E-state index contributed by atoms with van der Waals surface area (Å²) in [5, 5.41) is 6.91. The van der Waals surface area contributed by atoms with E-state index >= 15 is 0 Å². The van der Waals surface area contributed by atoms with Gasteiger partial charge in [0.05, 0.1) is 12.1 Å². The second-order valence-corrected chi connectivity index (χ2v) is 7.26. The van der Waals surface area contributed by atoms with Crippen molar-refractivity contribution in [2.45, 2.75) is 58.5 Å². The van der Waals surface area contributed by atoms with Crippen molar-refractivity contribution in [3.05, 3.63) is 0 Å². The third-order valence-corrected chi connectivity index (χ3v) is 5.02. The topological polar surface area (TPSA) is 48.9 Å². The van der Waals surface area contributed by atoms with Crippen LogP contribution in [0.4, 0.5) is 0 Å². The first-order valence-corrected chi connectivity index (χ1v) is 9.53. The largest absolute Gasteiger partial charge is 0.373 e. The smallest absolute Gasteiger partial charge is 0.191 e. The molecule has 0 spiro atoms. The Morgan fingerprint density at radius 2 is 2.00 bits per heavy atom. The molecule has 5 nitrogen and oxygen atoms in total. The van der Waals surface area contributed by atoms with Gasteiger partial charge in [-0.05, 0) is 71.5 Å². The van der Waals surface area contributed by atoms with Crippen LogP contribution in [0.25, 0.3) is 0 Å². The van der Waals surface area contributed by atoms with E-state index in [1.807, 2.05) is 0 Å². The highest BCUT2D eigenvalue weighted by Gasteiger charge is 2.29. The van der Waals surface area contributed by atoms with E-state index in [4.69, 9.17) is 9.73 Å². The Morgan fingerprint density at radius 1 is 1.25 bits per heavy atom. The van der Waals surface area contributed by atoms with Gasteiger partial charge < -0.3 is 20.3 Å². The van der Waals surface area contributed by atoms with Crippen molar-refractivity contribution in [2.75, 3.05) is 45.9 Å². The Morgan fingerprint density at radius 3 is 2.58 bits per heavy atom. The maximum Gasteiger partial charge on any atom is 0.191 e. The average molecular weight is 452 g/mol. The van der Waals surface area contributed by atoms with Crippen LogP contribution in [0, 0.1) is 5.92 Å². The van der Waals surface area contributed by atoms with Gasteiger partial charge in [-0.3, -0.25) is 4.99 Å². The number of nitrogens with zero attached hydrogens (tertiary/aromatic N) is 2. The Hall–Kier alpha value is -0.0800. The number of ether oxygens (including phenoxy) is 1. The Balaban J connectivity index is 0.00000288. The van der Waals surface area contributed by atoms with E-state index in [1.54, 1.807) is 0 Å². The number of hydrogen-bond donors (Lipinski definition) is 2. The van der Waals surface area contributed by atoms with Crippen LogP contribution < -0.4 is 10.6 Å². The maximum absolute atomic E-state index is 5.83. The molecule has 1 unspecified atom stereocenters. The van der Waals surface area contributed by atoms with Gasteiger partial charge in [-0.2, -0.15) is 0 Å². The molecule has 0 saturated carbocycles. The van der Waals surface area contributed by atoms with Gasteiger partial charge in [0.15, 0.2) is 5.96 Å². The second-order valence-electron chi connectivity index (χ2n) is 7.26. The molecule has 0 aromatic heterocycles. The minimum absolute atomic E-state index is 0. The number of nitrogens with one attached hydrogen (secondary N) is 2. The van der Waals surface area contributed by atoms with Crippen LogP contribution >= 0.6 is 24.0 Å². The molecule has 0 radical (unpaired) electrons. The summed E-state index contributed by atoms with van der Waals surface area (Å²) in [6.07, 6.45) is 6.14. The lowest BCUT2D eigenvalue weighted by atomic mass is 9.97. The standard InChI is InChI=1S/C18H36N4O.HI/c1-4-10-22-11-7-16(8-12-22)14-20-17(19-5-2)21-15-18(3)9-6-13-23-18;/h16H,4-15H2,1-3H3,(H2,19,20,21);1H. The number of likely N-dealkylation sites (tertiary alicyclic amines) is 1. The summed E-state index contributed by atoms with van der Waals surface area (Å²) in [5.74, 6) is 1.71. The third-order valence-electron chi connectivity index (χ3n) is 5.02. The maximum atomic E-state index is 5.83. The molecule has 142 valence electrons. The Kier molecular flexibility index (Phi) is 10.5. The highest BCUT2D eigenvalue weighted by molar-refractivity contribution is 14.0. The van der Waals surface area contributed by atoms with Gasteiger partial charge in [-0.1, -0.05) is 6.92 Å². The number of rotatable bonds is 7. The number of piperidine rings is 1. The predicted octanol–water partition coefficient (Wildman–Crippen LogP) is 2.85. The predicted molar refractivity (Wildman–Crippen MR) is 112 cm³/mol. The summed E-state index contributed by atoms with van der Waals surface area (Å²) in [5.41, 5.74) is -0.0617. The van der Waals surface area contributed by atoms with Crippen LogP contribution in [0.2, 0.25) is 0 Å². The van der Waals surface area contributed by atoms with E-state index in [0.29, 0.717) is 0 Å². The van der Waals surface area contributed by atoms with E-state index in [1.165, 1.54) is 38.9 Å². The fourth-order valence-corrected chi connectivity index (χ4v) is 3.52. The highest BCUT2D eigenvalue weighted by Crippen LogP contribution is 2.25. The fourth-order valence-electron chi connectivity index (χ4n) is 3.52. The minimum atomic E-state index is -0.0617. The molecule has 0 amide bonds. The molecule has 0 aromatic rings. The lowest BCUT2D eigenvalue weighted by molar-refractivity contribution is 0.0283. The highest BCUT2D eigenvalue weighted by atomic mass is 127. The number of aliphatic imine (C=N–C) groups is 1. The van der Waals surface area contributed by atoms with E-state index in [9.17, 15) is 0 Å². The van der Waals surface area contributed by atoms with Gasteiger partial charge in [-0.15, -0.1) is 24.0 Å². The zero-order valence-electron chi connectivity index (χ0n) is 15.8. The summed E-state index contributed by atoms with van der Waals surface area (Å²) in [6.45, 7) is 13.9. The number of guanidine groups is 1. The Bertz CT molecular complexity index is 364. The monoisotopic (exact) mass is 452 g/mol. The fraction of sp³-hybridized carbons (Fsp3) is 0.944. The summed E-state index contributed by atoms with van der Waals surface area (Å²) in [7, 11) is 0. The molecule has 2 rings (SSSR count). The number of halogens is 1. The summed E-state index contributed by atoms with van der Waals surface area (Å²) >= 11 is 0. The molecular formula is C18H37IN4O. The summed E-state index contributed by atoms with van der Waals surface area (Å²) < 4.78 is 5.83. The van der Waals surface area contributed by atoms with Crippen molar-refractivity contribution in [2.24, 2.45) is 10.9 Å². The van der Waals surface area contributed by atoms with Crippen molar-refractivity contribution in [3.8, 4) is 0 Å². The minimum Gasteiger partial charge on any atom is -0.373 e. The van der Waals surface area contributed by atoms with E-state index < -0.39 is 0 Å². The van der Waals surface area contributed by atoms with Crippen LogP contribution in [-0.4, -0.2) is 62.3 Å². The number of hydrogen-bond acceptors (Lipinski definition) is 3. The summed E-state index contributed by atoms with van der Waals surface area (Å²) in [4.78, 5) is 7.35. The van der Waals surface area contributed by atoms with Gasteiger partial charge in [0, 0.05) is 19.7 Å². The third kappa shape index (κ3) is 7.44. The molecule has 0 aliphatic carbocycles. The molecule has 2 aliphatic heterocycles. The molecule has 2 aliphatic rings. The quantitative estimate of drug-likeness (QED) is 0.355. The van der Waals surface area contributed by atoms with Gasteiger partial charge in [-0.25, -0.2) is 0 Å². The van der Waals surface area contributed by atoms with Crippen LogP contribution in [0.5, 0.6) is 0 Å². The molecule has 1 atom stereocenters. The van der Waals surface area contributed by atoms with Crippen LogP contribution in [-0.2, 0) is 4.74 Å². The molecule has 0 aromatic carbocycles. The zero-order valence-corrected chi connectivity index (χ0v) is 18.1. The van der Waals surface area contributed by atoms with Gasteiger partial charge in [0.2, 0.25) is 0 Å². The lowest BCUT2D eigenvalue weighted by Gasteiger charge is -2.32.